The largest absolute Gasteiger partial charge is 0.335 e. The van der Waals surface area contributed by atoms with Crippen molar-refractivity contribution in [1.29, 1.82) is 0 Å². The summed E-state index contributed by atoms with van der Waals surface area (Å²) < 4.78 is 2.25. The summed E-state index contributed by atoms with van der Waals surface area (Å²) >= 11 is 0. The first-order valence-corrected chi connectivity index (χ1v) is 6.58. The van der Waals surface area contributed by atoms with Crippen LogP contribution in [0.15, 0.2) is 12.4 Å². The Bertz CT molecular complexity index is 315. The monoisotopic (exact) mass is 221 g/mol. The first-order valence-electron chi connectivity index (χ1n) is 6.58. The minimum atomic E-state index is 0.631. The second-order valence-electron chi connectivity index (χ2n) is 4.69. The summed E-state index contributed by atoms with van der Waals surface area (Å²) in [6.07, 6.45) is 9.28. The van der Waals surface area contributed by atoms with Gasteiger partial charge in [0.25, 0.3) is 0 Å². The van der Waals surface area contributed by atoms with Crippen LogP contribution in [0.5, 0.6) is 0 Å². The normalized spacial score (nSPS) is 18.4. The fourth-order valence-electron chi connectivity index (χ4n) is 2.52. The number of hydrogen-bond donors (Lipinski definition) is 1. The SMILES string of the molecule is CCNC(Cc1nccn1CC)C1CCC1. The van der Waals surface area contributed by atoms with Crippen LogP contribution in [0.3, 0.4) is 0 Å². The van der Waals surface area contributed by atoms with E-state index in [1.165, 1.54) is 25.1 Å². The van der Waals surface area contributed by atoms with Gasteiger partial charge in [-0.3, -0.25) is 0 Å². The molecule has 0 saturated heterocycles. The summed E-state index contributed by atoms with van der Waals surface area (Å²) in [5.74, 6) is 2.11. The molecule has 1 saturated carbocycles. The van der Waals surface area contributed by atoms with E-state index in [1.807, 2.05) is 6.20 Å². The lowest BCUT2D eigenvalue weighted by atomic mass is 9.78. The highest BCUT2D eigenvalue weighted by Gasteiger charge is 2.27. The Morgan fingerprint density at radius 1 is 1.50 bits per heavy atom. The number of hydrogen-bond acceptors (Lipinski definition) is 2. The quantitative estimate of drug-likeness (QED) is 0.798. The Balaban J connectivity index is 1.98. The van der Waals surface area contributed by atoms with Gasteiger partial charge < -0.3 is 9.88 Å². The third kappa shape index (κ3) is 2.46. The van der Waals surface area contributed by atoms with Crippen molar-refractivity contribution in [2.24, 2.45) is 5.92 Å². The Morgan fingerprint density at radius 2 is 2.31 bits per heavy atom. The molecular formula is C13H23N3. The molecule has 1 atom stereocenters. The summed E-state index contributed by atoms with van der Waals surface area (Å²) in [5, 5.41) is 3.62. The lowest BCUT2D eigenvalue weighted by molar-refractivity contribution is 0.226. The van der Waals surface area contributed by atoms with Gasteiger partial charge in [0, 0.05) is 31.4 Å². The third-order valence-corrected chi connectivity index (χ3v) is 3.73. The molecule has 1 aromatic heterocycles. The third-order valence-electron chi connectivity index (χ3n) is 3.73. The van der Waals surface area contributed by atoms with E-state index in [0.717, 1.165) is 25.4 Å². The van der Waals surface area contributed by atoms with Crippen LogP contribution in [0.25, 0.3) is 0 Å². The van der Waals surface area contributed by atoms with Crippen molar-refractivity contribution in [2.45, 2.75) is 52.1 Å². The van der Waals surface area contributed by atoms with Gasteiger partial charge in [-0.2, -0.15) is 0 Å². The van der Waals surface area contributed by atoms with Crippen LogP contribution < -0.4 is 5.32 Å². The maximum Gasteiger partial charge on any atom is 0.110 e. The lowest BCUT2D eigenvalue weighted by Gasteiger charge is -2.34. The highest BCUT2D eigenvalue weighted by atomic mass is 15.1. The molecule has 16 heavy (non-hydrogen) atoms. The van der Waals surface area contributed by atoms with E-state index < -0.39 is 0 Å². The summed E-state index contributed by atoms with van der Waals surface area (Å²) in [6.45, 7) is 6.46. The zero-order chi connectivity index (χ0) is 11.4. The van der Waals surface area contributed by atoms with Crippen LogP contribution in [0.4, 0.5) is 0 Å². The predicted octanol–water partition coefficient (Wildman–Crippen LogP) is 2.22. The van der Waals surface area contributed by atoms with Gasteiger partial charge in [-0.15, -0.1) is 0 Å². The van der Waals surface area contributed by atoms with Gasteiger partial charge in [0.15, 0.2) is 0 Å². The van der Waals surface area contributed by atoms with E-state index in [-0.39, 0.29) is 0 Å². The number of aryl methyl sites for hydroxylation is 1. The van der Waals surface area contributed by atoms with Crippen LogP contribution in [0.2, 0.25) is 0 Å². The molecule has 1 aliphatic carbocycles. The molecule has 1 N–H and O–H groups in total. The molecule has 2 rings (SSSR count). The van der Waals surface area contributed by atoms with Crippen molar-refractivity contribution >= 4 is 0 Å². The van der Waals surface area contributed by atoms with E-state index >= 15 is 0 Å². The van der Waals surface area contributed by atoms with Crippen LogP contribution in [-0.4, -0.2) is 22.1 Å². The molecule has 0 spiro atoms. The average Bonchev–Trinajstić information content (AvgIpc) is 2.63. The van der Waals surface area contributed by atoms with Gasteiger partial charge in [-0.25, -0.2) is 4.98 Å². The van der Waals surface area contributed by atoms with Crippen molar-refractivity contribution in [3.63, 3.8) is 0 Å². The average molecular weight is 221 g/mol. The molecular weight excluding hydrogens is 198 g/mol. The number of aromatic nitrogens is 2. The number of nitrogens with zero attached hydrogens (tertiary/aromatic N) is 2. The molecule has 0 aliphatic heterocycles. The summed E-state index contributed by atoms with van der Waals surface area (Å²) in [6, 6.07) is 0.631. The van der Waals surface area contributed by atoms with Crippen molar-refractivity contribution in [2.75, 3.05) is 6.54 Å². The second-order valence-corrected chi connectivity index (χ2v) is 4.69. The van der Waals surface area contributed by atoms with Crippen LogP contribution in [0.1, 0.15) is 38.9 Å². The fraction of sp³-hybridized carbons (Fsp3) is 0.769. The van der Waals surface area contributed by atoms with Gasteiger partial charge in [-0.05, 0) is 32.2 Å². The molecule has 0 bridgehead atoms. The number of rotatable bonds is 6. The topological polar surface area (TPSA) is 29.9 Å². The van der Waals surface area contributed by atoms with E-state index in [9.17, 15) is 0 Å². The number of imidazole rings is 1. The molecule has 0 aromatic carbocycles. The zero-order valence-corrected chi connectivity index (χ0v) is 10.4. The molecule has 3 heteroatoms. The fourth-order valence-corrected chi connectivity index (χ4v) is 2.52. The molecule has 3 nitrogen and oxygen atoms in total. The highest BCUT2D eigenvalue weighted by molar-refractivity contribution is 4.98. The van der Waals surface area contributed by atoms with E-state index in [0.29, 0.717) is 6.04 Å². The smallest absolute Gasteiger partial charge is 0.110 e. The van der Waals surface area contributed by atoms with Gasteiger partial charge in [0.05, 0.1) is 0 Å². The zero-order valence-electron chi connectivity index (χ0n) is 10.4. The molecule has 1 aromatic rings. The van der Waals surface area contributed by atoms with E-state index in [4.69, 9.17) is 0 Å². The standard InChI is InChI=1S/C13H23N3/c1-3-14-12(11-6-5-7-11)10-13-15-8-9-16(13)4-2/h8-9,11-12,14H,3-7,10H2,1-2H3. The molecule has 1 fully saturated rings. The second kappa shape index (κ2) is 5.48. The van der Waals surface area contributed by atoms with Gasteiger partial charge in [0.1, 0.15) is 5.82 Å². The van der Waals surface area contributed by atoms with Crippen molar-refractivity contribution in [3.8, 4) is 0 Å². The highest BCUT2D eigenvalue weighted by Crippen LogP contribution is 2.30. The Hall–Kier alpha value is -0.830. The van der Waals surface area contributed by atoms with Crippen molar-refractivity contribution in [1.82, 2.24) is 14.9 Å². The van der Waals surface area contributed by atoms with E-state index in [2.05, 4.69) is 34.9 Å². The maximum absolute atomic E-state index is 4.47. The summed E-state index contributed by atoms with van der Waals surface area (Å²) in [5.41, 5.74) is 0. The van der Waals surface area contributed by atoms with Crippen LogP contribution >= 0.6 is 0 Å². The molecule has 1 unspecified atom stereocenters. The van der Waals surface area contributed by atoms with Crippen molar-refractivity contribution < 1.29 is 0 Å². The Kier molecular flexibility index (Phi) is 3.99. The summed E-state index contributed by atoms with van der Waals surface area (Å²) in [7, 11) is 0. The first-order chi connectivity index (χ1) is 7.85. The minimum absolute atomic E-state index is 0.631. The number of nitrogens with one attached hydrogen (secondary N) is 1. The van der Waals surface area contributed by atoms with Gasteiger partial charge >= 0.3 is 0 Å². The van der Waals surface area contributed by atoms with Gasteiger partial charge in [0.2, 0.25) is 0 Å². The summed E-state index contributed by atoms with van der Waals surface area (Å²) in [4.78, 5) is 4.47. The molecule has 1 aliphatic rings. The van der Waals surface area contributed by atoms with Crippen LogP contribution in [-0.2, 0) is 13.0 Å². The van der Waals surface area contributed by atoms with E-state index in [1.54, 1.807) is 0 Å². The molecule has 0 radical (unpaired) electrons. The Morgan fingerprint density at radius 3 is 2.88 bits per heavy atom. The maximum atomic E-state index is 4.47. The Labute approximate surface area is 98.3 Å². The molecule has 0 amide bonds. The van der Waals surface area contributed by atoms with Crippen LogP contribution in [0, 0.1) is 5.92 Å². The lowest BCUT2D eigenvalue weighted by Crippen LogP contribution is -2.41. The molecule has 90 valence electrons. The van der Waals surface area contributed by atoms with Gasteiger partial charge in [-0.1, -0.05) is 13.3 Å². The number of likely N-dealkylation sites (N-methyl/N-ethyl adjacent to an activating group) is 1. The van der Waals surface area contributed by atoms with Crippen molar-refractivity contribution in [3.05, 3.63) is 18.2 Å². The predicted molar refractivity (Wildman–Crippen MR) is 66.4 cm³/mol. The molecule has 1 heterocycles. The minimum Gasteiger partial charge on any atom is -0.335 e. The first kappa shape index (κ1) is 11.6.